The van der Waals surface area contributed by atoms with E-state index in [4.69, 9.17) is 4.42 Å². The molecule has 0 saturated carbocycles. The second-order valence-electron chi connectivity index (χ2n) is 4.59. The van der Waals surface area contributed by atoms with Crippen molar-refractivity contribution in [1.29, 1.82) is 0 Å². The van der Waals surface area contributed by atoms with Crippen LogP contribution >= 0.6 is 0 Å². The summed E-state index contributed by atoms with van der Waals surface area (Å²) >= 11 is 0. The van der Waals surface area contributed by atoms with Gasteiger partial charge in [0.15, 0.2) is 11.5 Å². The molecule has 0 radical (unpaired) electrons. The Morgan fingerprint density at radius 2 is 2.16 bits per heavy atom. The maximum atomic E-state index is 5.48. The van der Waals surface area contributed by atoms with Crippen LogP contribution in [-0.4, -0.2) is 21.8 Å². The molecule has 0 saturated heterocycles. The third kappa shape index (κ3) is 2.13. The van der Waals surface area contributed by atoms with Crippen LogP contribution in [0.15, 0.2) is 28.7 Å². The number of rotatable bonds is 3. The number of nitrogens with zero attached hydrogens (tertiary/aromatic N) is 3. The Morgan fingerprint density at radius 1 is 1.32 bits per heavy atom. The van der Waals surface area contributed by atoms with E-state index in [2.05, 4.69) is 21.5 Å². The van der Waals surface area contributed by atoms with Gasteiger partial charge in [-0.15, -0.1) is 0 Å². The molecule has 0 aliphatic rings. The quantitative estimate of drug-likeness (QED) is 0.781. The molecule has 1 N–H and O–H groups in total. The minimum absolute atomic E-state index is 0.684. The highest BCUT2D eigenvalue weighted by atomic mass is 16.3. The van der Waals surface area contributed by atoms with Crippen LogP contribution in [0.4, 0.5) is 0 Å². The second kappa shape index (κ2) is 4.51. The number of oxazole rings is 1. The molecule has 0 fully saturated rings. The lowest BCUT2D eigenvalue weighted by Gasteiger charge is -1.97. The van der Waals surface area contributed by atoms with Gasteiger partial charge in [-0.05, 0) is 31.3 Å². The van der Waals surface area contributed by atoms with E-state index in [9.17, 15) is 0 Å². The molecule has 2 heterocycles. The van der Waals surface area contributed by atoms with Crippen LogP contribution in [0.5, 0.6) is 0 Å². The average molecular weight is 256 g/mol. The smallest absolute Gasteiger partial charge is 0.192 e. The zero-order valence-corrected chi connectivity index (χ0v) is 11.3. The van der Waals surface area contributed by atoms with Crippen molar-refractivity contribution in [3.63, 3.8) is 0 Å². The molecule has 0 bridgehead atoms. The lowest BCUT2D eigenvalue weighted by atomic mass is 10.1. The van der Waals surface area contributed by atoms with Gasteiger partial charge in [0.2, 0.25) is 0 Å². The minimum Gasteiger partial charge on any atom is -0.441 e. The van der Waals surface area contributed by atoms with Gasteiger partial charge in [0.25, 0.3) is 0 Å². The van der Waals surface area contributed by atoms with Crippen molar-refractivity contribution >= 4 is 11.1 Å². The lowest BCUT2D eigenvalue weighted by molar-refractivity contribution is 0.561. The molecule has 0 atom stereocenters. The van der Waals surface area contributed by atoms with Crippen molar-refractivity contribution in [2.75, 3.05) is 7.05 Å². The summed E-state index contributed by atoms with van der Waals surface area (Å²) < 4.78 is 7.37. The molecule has 0 aliphatic carbocycles. The maximum Gasteiger partial charge on any atom is 0.192 e. The summed E-state index contributed by atoms with van der Waals surface area (Å²) in [6.45, 7) is 2.65. The van der Waals surface area contributed by atoms with Crippen molar-refractivity contribution < 1.29 is 4.42 Å². The third-order valence-electron chi connectivity index (χ3n) is 3.12. The van der Waals surface area contributed by atoms with Gasteiger partial charge in [-0.1, -0.05) is 0 Å². The molecule has 5 nitrogen and oxygen atoms in total. The van der Waals surface area contributed by atoms with Crippen molar-refractivity contribution in [3.05, 3.63) is 35.9 Å². The predicted molar refractivity (Wildman–Crippen MR) is 73.7 cm³/mol. The number of hydrogen-bond donors (Lipinski definition) is 1. The monoisotopic (exact) mass is 256 g/mol. The predicted octanol–water partition coefficient (Wildman–Crippen LogP) is 2.26. The molecule has 0 amide bonds. The van der Waals surface area contributed by atoms with Crippen molar-refractivity contribution in [2.45, 2.75) is 13.5 Å². The Kier molecular flexibility index (Phi) is 2.83. The summed E-state index contributed by atoms with van der Waals surface area (Å²) in [4.78, 5) is 4.35. The van der Waals surface area contributed by atoms with E-state index in [1.807, 2.05) is 43.9 Å². The fraction of sp³-hybridized carbons (Fsp3) is 0.286. The van der Waals surface area contributed by atoms with Crippen LogP contribution in [0.3, 0.4) is 0 Å². The van der Waals surface area contributed by atoms with Crippen LogP contribution < -0.4 is 5.32 Å². The first-order valence-corrected chi connectivity index (χ1v) is 6.22. The number of aromatic nitrogens is 3. The van der Waals surface area contributed by atoms with Crippen LogP contribution in [0.1, 0.15) is 11.6 Å². The molecule has 0 spiro atoms. The van der Waals surface area contributed by atoms with Gasteiger partial charge < -0.3 is 9.73 Å². The highest BCUT2D eigenvalue weighted by Crippen LogP contribution is 2.24. The zero-order valence-electron chi connectivity index (χ0n) is 11.3. The molecule has 98 valence electrons. The van der Waals surface area contributed by atoms with Crippen LogP contribution in [0.25, 0.3) is 22.4 Å². The summed E-state index contributed by atoms with van der Waals surface area (Å²) in [5.74, 6) is 0.684. The number of nitrogens with one attached hydrogen (secondary N) is 1. The first kappa shape index (κ1) is 11.9. The normalized spacial score (nSPS) is 11.3. The average Bonchev–Trinajstić information content (AvgIpc) is 2.91. The second-order valence-corrected chi connectivity index (χ2v) is 4.59. The maximum absolute atomic E-state index is 5.48. The minimum atomic E-state index is 0.684. The fourth-order valence-corrected chi connectivity index (χ4v) is 2.20. The van der Waals surface area contributed by atoms with E-state index in [0.717, 1.165) is 34.6 Å². The fourth-order valence-electron chi connectivity index (χ4n) is 2.20. The van der Waals surface area contributed by atoms with Gasteiger partial charge in [-0.3, -0.25) is 4.68 Å². The largest absolute Gasteiger partial charge is 0.441 e. The third-order valence-corrected chi connectivity index (χ3v) is 3.12. The standard InChI is InChI=1S/C14H16N4O/c1-9-16-13-6-10(4-5-14(13)19-9)12-7-11(8-15-2)18(3)17-12/h4-7,15H,8H2,1-3H3. The molecule has 0 aliphatic heterocycles. The summed E-state index contributed by atoms with van der Waals surface area (Å²) in [5.41, 5.74) is 4.84. The van der Waals surface area contributed by atoms with Crippen molar-refractivity contribution in [2.24, 2.45) is 7.05 Å². The first-order valence-electron chi connectivity index (χ1n) is 6.22. The van der Waals surface area contributed by atoms with Crippen molar-refractivity contribution in [3.8, 4) is 11.3 Å². The highest BCUT2D eigenvalue weighted by Gasteiger charge is 2.09. The molecular weight excluding hydrogens is 240 g/mol. The topological polar surface area (TPSA) is 55.9 Å². The number of benzene rings is 1. The van der Waals surface area contributed by atoms with E-state index in [1.54, 1.807) is 0 Å². The number of aryl methyl sites for hydroxylation is 2. The highest BCUT2D eigenvalue weighted by molar-refractivity contribution is 5.79. The summed E-state index contributed by atoms with van der Waals surface area (Å²) in [5, 5.41) is 7.67. The summed E-state index contributed by atoms with van der Waals surface area (Å²) in [6, 6.07) is 8.05. The first-order chi connectivity index (χ1) is 9.17. The Labute approximate surface area is 111 Å². The van der Waals surface area contributed by atoms with Crippen LogP contribution in [0.2, 0.25) is 0 Å². The van der Waals surface area contributed by atoms with Crippen LogP contribution in [-0.2, 0) is 13.6 Å². The molecule has 3 aromatic rings. The van der Waals surface area contributed by atoms with Gasteiger partial charge in [-0.2, -0.15) is 5.10 Å². The van der Waals surface area contributed by atoms with E-state index >= 15 is 0 Å². The number of hydrogen-bond acceptors (Lipinski definition) is 4. The summed E-state index contributed by atoms with van der Waals surface area (Å²) in [7, 11) is 3.88. The SMILES string of the molecule is CNCc1cc(-c2ccc3oc(C)nc3c2)nn1C. The van der Waals surface area contributed by atoms with Gasteiger partial charge in [0, 0.05) is 26.1 Å². The molecule has 19 heavy (non-hydrogen) atoms. The van der Waals surface area contributed by atoms with Crippen LogP contribution in [0, 0.1) is 6.92 Å². The Balaban J connectivity index is 2.05. The van der Waals surface area contributed by atoms with Gasteiger partial charge in [-0.25, -0.2) is 4.98 Å². The van der Waals surface area contributed by atoms with E-state index in [-0.39, 0.29) is 0 Å². The van der Waals surface area contributed by atoms with Gasteiger partial charge in [0.05, 0.1) is 11.4 Å². The molecule has 3 rings (SSSR count). The Hall–Kier alpha value is -2.14. The van der Waals surface area contributed by atoms with Crippen molar-refractivity contribution in [1.82, 2.24) is 20.1 Å². The molecule has 2 aromatic heterocycles. The Morgan fingerprint density at radius 3 is 2.95 bits per heavy atom. The number of fused-ring (bicyclic) bond motifs is 1. The van der Waals surface area contributed by atoms with E-state index in [1.165, 1.54) is 0 Å². The Bertz CT molecular complexity index is 726. The molecule has 1 aromatic carbocycles. The van der Waals surface area contributed by atoms with Gasteiger partial charge >= 0.3 is 0 Å². The van der Waals surface area contributed by atoms with E-state index < -0.39 is 0 Å². The molecular formula is C14H16N4O. The summed E-state index contributed by atoms with van der Waals surface area (Å²) in [6.07, 6.45) is 0. The zero-order chi connectivity index (χ0) is 13.4. The molecule has 5 heteroatoms. The van der Waals surface area contributed by atoms with Gasteiger partial charge in [0.1, 0.15) is 5.52 Å². The van der Waals surface area contributed by atoms with E-state index in [0.29, 0.717) is 5.89 Å². The molecule has 0 unspecified atom stereocenters. The lowest BCUT2D eigenvalue weighted by Crippen LogP contribution is -2.09.